The highest BCUT2D eigenvalue weighted by atomic mass is 16.5. The van der Waals surface area contributed by atoms with Gasteiger partial charge in [0.15, 0.2) is 0 Å². The van der Waals surface area contributed by atoms with Crippen molar-refractivity contribution in [3.63, 3.8) is 0 Å². The van der Waals surface area contributed by atoms with Crippen molar-refractivity contribution in [2.45, 2.75) is 0 Å². The molecule has 0 unspecified atom stereocenters. The Labute approximate surface area is 119 Å². The van der Waals surface area contributed by atoms with E-state index in [0.717, 1.165) is 22.6 Å². The van der Waals surface area contributed by atoms with E-state index in [0.29, 0.717) is 13.2 Å². The Bertz CT molecular complexity index is 529. The molecule has 0 spiro atoms. The Morgan fingerprint density at radius 2 is 1.40 bits per heavy atom. The van der Waals surface area contributed by atoms with Gasteiger partial charge in [-0.25, -0.2) is 0 Å². The lowest BCUT2D eigenvalue weighted by molar-refractivity contribution is 0.179. The van der Waals surface area contributed by atoms with Crippen LogP contribution in [0.3, 0.4) is 0 Å². The van der Waals surface area contributed by atoms with Gasteiger partial charge in [-0.3, -0.25) is 0 Å². The Morgan fingerprint density at radius 1 is 0.850 bits per heavy atom. The smallest absolute Gasteiger partial charge is 0.122 e. The van der Waals surface area contributed by atoms with E-state index in [4.69, 9.17) is 14.2 Å². The first-order valence-electron chi connectivity index (χ1n) is 6.43. The van der Waals surface area contributed by atoms with Crippen molar-refractivity contribution in [2.24, 2.45) is 0 Å². The van der Waals surface area contributed by atoms with Crippen LogP contribution in [0.2, 0.25) is 0 Å². The third-order valence-corrected chi connectivity index (χ3v) is 2.87. The normalized spacial score (nSPS) is 9.85. The van der Waals surface area contributed by atoms with Gasteiger partial charge in [0.1, 0.15) is 24.7 Å². The van der Waals surface area contributed by atoms with E-state index >= 15 is 0 Å². The molecule has 104 valence electrons. The predicted molar refractivity (Wildman–Crippen MR) is 80.1 cm³/mol. The van der Waals surface area contributed by atoms with E-state index in [1.807, 2.05) is 48.5 Å². The first-order valence-corrected chi connectivity index (χ1v) is 6.43. The summed E-state index contributed by atoms with van der Waals surface area (Å²) in [6, 6.07) is 15.9. The molecule has 0 heterocycles. The molecular formula is C17H18O3. The molecule has 2 aromatic rings. The Morgan fingerprint density at radius 3 is 1.90 bits per heavy atom. The van der Waals surface area contributed by atoms with Crippen molar-refractivity contribution in [1.82, 2.24) is 0 Å². The van der Waals surface area contributed by atoms with Crippen molar-refractivity contribution < 1.29 is 14.2 Å². The molecular weight excluding hydrogens is 252 g/mol. The van der Waals surface area contributed by atoms with Gasteiger partial charge in [-0.2, -0.15) is 0 Å². The highest BCUT2D eigenvalue weighted by Crippen LogP contribution is 2.24. The largest absolute Gasteiger partial charge is 0.498 e. The first kappa shape index (κ1) is 14.0. The third kappa shape index (κ3) is 3.79. The minimum Gasteiger partial charge on any atom is -0.498 e. The summed E-state index contributed by atoms with van der Waals surface area (Å²) in [5, 5.41) is 0. The summed E-state index contributed by atoms with van der Waals surface area (Å²) < 4.78 is 15.7. The zero-order chi connectivity index (χ0) is 14.2. The van der Waals surface area contributed by atoms with Crippen LogP contribution >= 0.6 is 0 Å². The fourth-order valence-electron chi connectivity index (χ4n) is 1.82. The van der Waals surface area contributed by atoms with E-state index < -0.39 is 0 Å². The number of hydrogen-bond acceptors (Lipinski definition) is 3. The van der Waals surface area contributed by atoms with Gasteiger partial charge in [0.2, 0.25) is 0 Å². The molecule has 3 nitrogen and oxygen atoms in total. The van der Waals surface area contributed by atoms with Gasteiger partial charge in [-0.05, 0) is 35.4 Å². The molecule has 0 aliphatic carbocycles. The molecule has 0 bridgehead atoms. The number of methoxy groups -OCH3 is 1. The van der Waals surface area contributed by atoms with Crippen molar-refractivity contribution in [3.8, 4) is 22.6 Å². The maximum atomic E-state index is 5.54. The van der Waals surface area contributed by atoms with Crippen molar-refractivity contribution in [2.75, 3.05) is 20.3 Å². The SMILES string of the molecule is C=COCCOc1ccc(-c2ccc(OC)cc2)cc1. The second kappa shape index (κ2) is 7.24. The molecule has 2 aromatic carbocycles. The average Bonchev–Trinajstić information content (AvgIpc) is 2.52. The van der Waals surface area contributed by atoms with Crippen molar-refractivity contribution in [3.05, 3.63) is 61.4 Å². The predicted octanol–water partition coefficient (Wildman–Crippen LogP) is 3.90. The van der Waals surface area contributed by atoms with Crippen LogP contribution in [0.4, 0.5) is 0 Å². The zero-order valence-electron chi connectivity index (χ0n) is 11.5. The Balaban J connectivity index is 1.97. The maximum Gasteiger partial charge on any atom is 0.122 e. The molecule has 0 atom stereocenters. The zero-order valence-corrected chi connectivity index (χ0v) is 11.5. The van der Waals surface area contributed by atoms with Crippen LogP contribution < -0.4 is 9.47 Å². The summed E-state index contributed by atoms with van der Waals surface area (Å²) in [7, 11) is 1.66. The van der Waals surface area contributed by atoms with Crippen LogP contribution in [-0.2, 0) is 4.74 Å². The van der Waals surface area contributed by atoms with Gasteiger partial charge < -0.3 is 14.2 Å². The quantitative estimate of drug-likeness (QED) is 0.564. The van der Waals surface area contributed by atoms with E-state index in [9.17, 15) is 0 Å². The van der Waals surface area contributed by atoms with Crippen LogP contribution in [-0.4, -0.2) is 20.3 Å². The van der Waals surface area contributed by atoms with Crippen LogP contribution in [0, 0.1) is 0 Å². The summed E-state index contributed by atoms with van der Waals surface area (Å²) in [5.74, 6) is 1.69. The monoisotopic (exact) mass is 270 g/mol. The standard InChI is InChI=1S/C17H18O3/c1-3-19-12-13-20-17-10-6-15(7-11-17)14-4-8-16(18-2)9-5-14/h3-11H,1,12-13H2,2H3. The summed E-state index contributed by atoms with van der Waals surface area (Å²) in [5.41, 5.74) is 2.29. The summed E-state index contributed by atoms with van der Waals surface area (Å²) >= 11 is 0. The van der Waals surface area contributed by atoms with Crippen LogP contribution in [0.1, 0.15) is 0 Å². The average molecular weight is 270 g/mol. The molecule has 0 N–H and O–H groups in total. The first-order chi connectivity index (χ1) is 9.83. The molecule has 0 aliphatic rings. The van der Waals surface area contributed by atoms with Crippen LogP contribution in [0.25, 0.3) is 11.1 Å². The highest BCUT2D eigenvalue weighted by Gasteiger charge is 1.99. The second-order valence-electron chi connectivity index (χ2n) is 4.14. The van der Waals surface area contributed by atoms with Gasteiger partial charge in [0.25, 0.3) is 0 Å². The maximum absolute atomic E-state index is 5.54. The molecule has 2 rings (SSSR count). The highest BCUT2D eigenvalue weighted by molar-refractivity contribution is 5.64. The lowest BCUT2D eigenvalue weighted by Crippen LogP contribution is -2.03. The fourth-order valence-corrected chi connectivity index (χ4v) is 1.82. The Hall–Kier alpha value is -2.42. The van der Waals surface area contributed by atoms with Crippen LogP contribution in [0.5, 0.6) is 11.5 Å². The van der Waals surface area contributed by atoms with E-state index in [-0.39, 0.29) is 0 Å². The molecule has 0 aromatic heterocycles. The molecule has 3 heteroatoms. The molecule has 0 aliphatic heterocycles. The van der Waals surface area contributed by atoms with Crippen molar-refractivity contribution >= 4 is 0 Å². The minimum absolute atomic E-state index is 0.504. The summed E-state index contributed by atoms with van der Waals surface area (Å²) in [4.78, 5) is 0. The number of rotatable bonds is 7. The van der Waals surface area contributed by atoms with Crippen LogP contribution in [0.15, 0.2) is 61.4 Å². The molecule has 0 radical (unpaired) electrons. The van der Waals surface area contributed by atoms with Gasteiger partial charge in [0.05, 0.1) is 13.4 Å². The number of ether oxygens (including phenoxy) is 3. The molecule has 0 amide bonds. The van der Waals surface area contributed by atoms with E-state index in [2.05, 4.69) is 6.58 Å². The number of benzene rings is 2. The van der Waals surface area contributed by atoms with E-state index in [1.54, 1.807) is 7.11 Å². The van der Waals surface area contributed by atoms with Gasteiger partial charge >= 0.3 is 0 Å². The topological polar surface area (TPSA) is 27.7 Å². The van der Waals surface area contributed by atoms with Gasteiger partial charge in [-0.1, -0.05) is 30.8 Å². The van der Waals surface area contributed by atoms with Gasteiger partial charge in [-0.15, -0.1) is 0 Å². The van der Waals surface area contributed by atoms with Crippen molar-refractivity contribution in [1.29, 1.82) is 0 Å². The van der Waals surface area contributed by atoms with E-state index in [1.165, 1.54) is 6.26 Å². The lowest BCUT2D eigenvalue weighted by Gasteiger charge is -2.07. The molecule has 0 saturated heterocycles. The lowest BCUT2D eigenvalue weighted by atomic mass is 10.1. The fraction of sp³-hybridized carbons (Fsp3) is 0.176. The summed E-state index contributed by atoms with van der Waals surface area (Å²) in [6.45, 7) is 4.49. The third-order valence-electron chi connectivity index (χ3n) is 2.87. The Kier molecular flexibility index (Phi) is 5.07. The second-order valence-corrected chi connectivity index (χ2v) is 4.14. The molecule has 0 fully saturated rings. The number of hydrogen-bond donors (Lipinski definition) is 0. The molecule has 20 heavy (non-hydrogen) atoms. The minimum atomic E-state index is 0.504. The van der Waals surface area contributed by atoms with Gasteiger partial charge in [0, 0.05) is 0 Å². The summed E-state index contributed by atoms with van der Waals surface area (Å²) in [6.07, 6.45) is 1.41. The molecule has 0 saturated carbocycles.